The molecule has 5 rings (SSSR count). The predicted molar refractivity (Wildman–Crippen MR) is 109 cm³/mol. The van der Waals surface area contributed by atoms with Crippen LogP contribution in [0.2, 0.25) is 0 Å². The Labute approximate surface area is 168 Å². The summed E-state index contributed by atoms with van der Waals surface area (Å²) < 4.78 is 6.57. The van der Waals surface area contributed by atoms with Crippen molar-refractivity contribution in [3.63, 3.8) is 0 Å². The molecular formula is C23H21N3O3. The number of aromatic nitrogens is 2. The van der Waals surface area contributed by atoms with Gasteiger partial charge in [-0.05, 0) is 61.2 Å². The van der Waals surface area contributed by atoms with Crippen LogP contribution in [0.3, 0.4) is 0 Å². The fourth-order valence-corrected chi connectivity index (χ4v) is 3.89. The van der Waals surface area contributed by atoms with Gasteiger partial charge in [0.05, 0.1) is 24.1 Å². The number of rotatable bonds is 4. The lowest BCUT2D eigenvalue weighted by atomic mass is 10.1. The molecule has 1 fully saturated rings. The molecule has 0 bridgehead atoms. The smallest absolute Gasteiger partial charge is 0.337 e. The van der Waals surface area contributed by atoms with Crippen LogP contribution < -0.4 is 4.90 Å². The molecule has 0 N–H and O–H groups in total. The summed E-state index contributed by atoms with van der Waals surface area (Å²) in [5, 5.41) is 4.75. The average molecular weight is 387 g/mol. The van der Waals surface area contributed by atoms with Crippen LogP contribution in [0.5, 0.6) is 0 Å². The Morgan fingerprint density at radius 3 is 2.59 bits per heavy atom. The summed E-state index contributed by atoms with van der Waals surface area (Å²) >= 11 is 0. The molecule has 29 heavy (non-hydrogen) atoms. The lowest BCUT2D eigenvalue weighted by Crippen LogP contribution is -2.30. The first-order valence-corrected chi connectivity index (χ1v) is 9.84. The summed E-state index contributed by atoms with van der Waals surface area (Å²) in [5.41, 5.74) is 4.76. The SMILES string of the molecule is COC(=O)c1ccc2c(c1)CCN2C(=O)c1cc(C2CC2)nn1-c1ccccc1. The third-order valence-corrected chi connectivity index (χ3v) is 5.59. The van der Waals surface area contributed by atoms with Gasteiger partial charge in [0.25, 0.3) is 5.91 Å². The number of benzene rings is 2. The molecule has 2 aromatic carbocycles. The maximum absolute atomic E-state index is 13.5. The van der Waals surface area contributed by atoms with Crippen LogP contribution in [0.15, 0.2) is 54.6 Å². The third-order valence-electron chi connectivity index (χ3n) is 5.59. The first-order valence-electron chi connectivity index (χ1n) is 9.84. The zero-order valence-corrected chi connectivity index (χ0v) is 16.2. The normalized spacial score (nSPS) is 15.3. The molecule has 1 aliphatic heterocycles. The Bertz CT molecular complexity index is 1100. The number of anilines is 1. The number of amides is 1. The molecule has 0 spiro atoms. The van der Waals surface area contributed by atoms with E-state index in [9.17, 15) is 9.59 Å². The van der Waals surface area contributed by atoms with Crippen LogP contribution in [0.25, 0.3) is 5.69 Å². The largest absolute Gasteiger partial charge is 0.465 e. The molecule has 6 heteroatoms. The number of carbonyl (C=O) groups excluding carboxylic acids is 2. The molecule has 2 aliphatic rings. The van der Waals surface area contributed by atoms with Crippen LogP contribution in [0.1, 0.15) is 50.9 Å². The predicted octanol–water partition coefficient (Wildman–Crippen LogP) is 3.74. The number of carbonyl (C=O) groups is 2. The number of ether oxygens (including phenoxy) is 1. The van der Waals surface area contributed by atoms with Gasteiger partial charge in [-0.1, -0.05) is 18.2 Å². The van der Waals surface area contributed by atoms with Crippen molar-refractivity contribution in [1.82, 2.24) is 9.78 Å². The Kier molecular flexibility index (Phi) is 4.19. The fourth-order valence-electron chi connectivity index (χ4n) is 3.89. The van der Waals surface area contributed by atoms with Gasteiger partial charge in [0.2, 0.25) is 0 Å². The standard InChI is InChI=1S/C23H21N3O3/c1-29-23(28)17-9-10-20-16(13-17)11-12-25(20)22(27)21-14-19(15-7-8-15)24-26(21)18-5-3-2-4-6-18/h2-6,9-10,13-15H,7-8,11-12H2,1H3. The van der Waals surface area contributed by atoms with Crippen LogP contribution in [-0.2, 0) is 11.2 Å². The number of methoxy groups -OCH3 is 1. The van der Waals surface area contributed by atoms with E-state index in [1.54, 1.807) is 15.6 Å². The van der Waals surface area contributed by atoms with Crippen molar-refractivity contribution in [3.05, 3.63) is 77.1 Å². The molecule has 3 aromatic rings. The molecule has 0 saturated heterocycles. The second-order valence-electron chi connectivity index (χ2n) is 7.52. The number of hydrogen-bond acceptors (Lipinski definition) is 4. The molecule has 0 atom stereocenters. The minimum atomic E-state index is -0.367. The maximum atomic E-state index is 13.5. The molecule has 0 unspecified atom stereocenters. The van der Waals surface area contributed by atoms with E-state index in [4.69, 9.17) is 9.84 Å². The zero-order chi connectivity index (χ0) is 20.0. The van der Waals surface area contributed by atoms with E-state index in [0.29, 0.717) is 30.1 Å². The molecule has 1 saturated carbocycles. The van der Waals surface area contributed by atoms with E-state index in [0.717, 1.165) is 35.5 Å². The zero-order valence-electron chi connectivity index (χ0n) is 16.2. The molecule has 1 aromatic heterocycles. The Hall–Kier alpha value is -3.41. The van der Waals surface area contributed by atoms with E-state index >= 15 is 0 Å². The van der Waals surface area contributed by atoms with Crippen LogP contribution >= 0.6 is 0 Å². The number of nitrogens with zero attached hydrogens (tertiary/aromatic N) is 3. The lowest BCUT2D eigenvalue weighted by Gasteiger charge is -2.18. The summed E-state index contributed by atoms with van der Waals surface area (Å²) in [4.78, 5) is 27.1. The molecule has 6 nitrogen and oxygen atoms in total. The summed E-state index contributed by atoms with van der Waals surface area (Å²) in [6, 6.07) is 17.1. The van der Waals surface area contributed by atoms with Gasteiger partial charge >= 0.3 is 5.97 Å². The summed E-state index contributed by atoms with van der Waals surface area (Å²) in [6.45, 7) is 0.581. The van der Waals surface area contributed by atoms with E-state index in [2.05, 4.69) is 0 Å². The minimum Gasteiger partial charge on any atom is -0.465 e. The van der Waals surface area contributed by atoms with Gasteiger partial charge in [-0.15, -0.1) is 0 Å². The third kappa shape index (κ3) is 3.10. The van der Waals surface area contributed by atoms with Crippen molar-refractivity contribution in [2.45, 2.75) is 25.2 Å². The quantitative estimate of drug-likeness (QED) is 0.640. The first-order chi connectivity index (χ1) is 14.2. The molecule has 1 amide bonds. The Morgan fingerprint density at radius 1 is 1.07 bits per heavy atom. The number of fused-ring (bicyclic) bond motifs is 1. The highest BCUT2D eigenvalue weighted by Gasteiger charge is 2.32. The highest BCUT2D eigenvalue weighted by Crippen LogP contribution is 2.40. The summed E-state index contributed by atoms with van der Waals surface area (Å²) in [5.74, 6) is 0.0200. The second kappa shape index (κ2) is 6.88. The topological polar surface area (TPSA) is 64.4 Å². The highest BCUT2D eigenvalue weighted by molar-refractivity contribution is 6.07. The van der Waals surface area contributed by atoms with Crippen molar-refractivity contribution in [2.24, 2.45) is 0 Å². The van der Waals surface area contributed by atoms with Gasteiger partial charge < -0.3 is 9.64 Å². The minimum absolute atomic E-state index is 0.0715. The van der Waals surface area contributed by atoms with Crippen molar-refractivity contribution in [2.75, 3.05) is 18.6 Å². The van der Waals surface area contributed by atoms with Gasteiger partial charge in [0.15, 0.2) is 0 Å². The van der Waals surface area contributed by atoms with Crippen LogP contribution in [0.4, 0.5) is 5.69 Å². The van der Waals surface area contributed by atoms with Crippen LogP contribution in [-0.4, -0.2) is 35.3 Å². The van der Waals surface area contributed by atoms with Gasteiger partial charge in [-0.3, -0.25) is 4.79 Å². The number of esters is 1. The van der Waals surface area contributed by atoms with Gasteiger partial charge in [0, 0.05) is 18.2 Å². The molecule has 1 aliphatic carbocycles. The summed E-state index contributed by atoms with van der Waals surface area (Å²) in [6.07, 6.45) is 2.96. The second-order valence-corrected chi connectivity index (χ2v) is 7.52. The van der Waals surface area contributed by atoms with E-state index in [1.165, 1.54) is 7.11 Å². The molecular weight excluding hydrogens is 366 g/mol. The maximum Gasteiger partial charge on any atom is 0.337 e. The first kappa shape index (κ1) is 17.7. The molecule has 2 heterocycles. The van der Waals surface area contributed by atoms with Gasteiger partial charge in [0.1, 0.15) is 5.69 Å². The Balaban J connectivity index is 1.52. The van der Waals surface area contributed by atoms with Gasteiger partial charge in [-0.25, -0.2) is 9.48 Å². The highest BCUT2D eigenvalue weighted by atomic mass is 16.5. The lowest BCUT2D eigenvalue weighted by molar-refractivity contribution is 0.0600. The van der Waals surface area contributed by atoms with Crippen molar-refractivity contribution in [1.29, 1.82) is 0 Å². The van der Waals surface area contributed by atoms with E-state index < -0.39 is 0 Å². The van der Waals surface area contributed by atoms with Crippen molar-refractivity contribution < 1.29 is 14.3 Å². The monoisotopic (exact) mass is 387 g/mol. The summed E-state index contributed by atoms with van der Waals surface area (Å²) in [7, 11) is 1.37. The van der Waals surface area contributed by atoms with Crippen LogP contribution in [0, 0.1) is 0 Å². The molecule has 146 valence electrons. The average Bonchev–Trinajstić information content (AvgIpc) is 3.38. The number of hydrogen-bond donors (Lipinski definition) is 0. The Morgan fingerprint density at radius 2 is 1.86 bits per heavy atom. The van der Waals surface area contributed by atoms with E-state index in [-0.39, 0.29) is 11.9 Å². The molecule has 0 radical (unpaired) electrons. The van der Waals surface area contributed by atoms with Gasteiger partial charge in [-0.2, -0.15) is 5.10 Å². The van der Waals surface area contributed by atoms with E-state index in [1.807, 2.05) is 48.5 Å². The fraction of sp³-hybridized carbons (Fsp3) is 0.261. The van der Waals surface area contributed by atoms with Crippen molar-refractivity contribution >= 4 is 17.6 Å². The van der Waals surface area contributed by atoms with Crippen molar-refractivity contribution in [3.8, 4) is 5.69 Å². The number of para-hydroxylation sites is 1.